The van der Waals surface area contributed by atoms with Crippen molar-refractivity contribution in [2.45, 2.75) is 26.7 Å². The number of amides is 1. The summed E-state index contributed by atoms with van der Waals surface area (Å²) in [6.45, 7) is 6.33. The van der Waals surface area contributed by atoms with Gasteiger partial charge in [0.15, 0.2) is 0 Å². The maximum atomic E-state index is 10.2. The Morgan fingerprint density at radius 3 is 2.17 bits per heavy atom. The van der Waals surface area contributed by atoms with Gasteiger partial charge in [-0.2, -0.15) is 6.41 Å². The van der Waals surface area contributed by atoms with Crippen LogP contribution in [-0.4, -0.2) is 24.4 Å². The summed E-state index contributed by atoms with van der Waals surface area (Å²) in [5.74, 6) is 1.59. The molecule has 0 aliphatic carbocycles. The van der Waals surface area contributed by atoms with Gasteiger partial charge >= 0.3 is 0 Å². The molecule has 0 bridgehead atoms. The molecule has 1 amide bonds. The van der Waals surface area contributed by atoms with E-state index in [9.17, 15) is 4.79 Å². The zero-order valence-corrected chi connectivity index (χ0v) is 10.8. The molecule has 1 rings (SSSR count). The second kappa shape index (κ2) is 6.09. The van der Waals surface area contributed by atoms with E-state index < -0.39 is 0 Å². The summed E-state index contributed by atoms with van der Waals surface area (Å²) in [4.78, 5) is 12.0. The molecule has 1 radical (unpaired) electrons. The van der Waals surface area contributed by atoms with E-state index in [2.05, 4.69) is 13.8 Å². The number of hydrogen-bond acceptors (Lipinski definition) is 1. The minimum atomic E-state index is 0. The number of piperidine rings is 1. The fourth-order valence-electron chi connectivity index (χ4n) is 1.66. The Bertz CT molecular complexity index is 130. The Hall–Kier alpha value is 0.574. The van der Waals surface area contributed by atoms with Gasteiger partial charge in [0.05, 0.1) is 0 Å². The van der Waals surface area contributed by atoms with Crippen LogP contribution in [0.3, 0.4) is 0 Å². The molecule has 0 N–H and O–H groups in total. The number of rotatable bonds is 2. The van der Waals surface area contributed by atoms with Crippen molar-refractivity contribution in [3.05, 3.63) is 0 Å². The van der Waals surface area contributed by atoms with Crippen LogP contribution in [0, 0.1) is 11.8 Å². The Labute approximate surface area is 100.0 Å². The maximum absolute atomic E-state index is 10.2. The van der Waals surface area contributed by atoms with Crippen LogP contribution in [-0.2, 0) is 37.5 Å². The molecule has 0 spiro atoms. The van der Waals surface area contributed by atoms with Crippen LogP contribution in [0.15, 0.2) is 0 Å². The molecule has 2 nitrogen and oxygen atoms in total. The predicted octanol–water partition coefficient (Wildman–Crippen LogP) is 1.42. The molecule has 1 saturated heterocycles. The molecule has 1 aliphatic heterocycles. The molecule has 12 heavy (non-hydrogen) atoms. The molecule has 3 heteroatoms. The van der Waals surface area contributed by atoms with Crippen LogP contribution < -0.4 is 0 Å². The van der Waals surface area contributed by atoms with E-state index in [1.165, 1.54) is 0 Å². The Kier molecular flexibility index (Phi) is 6.38. The average molecular weight is 243 g/mol. The largest absolute Gasteiger partial charge is 0.520 e. The van der Waals surface area contributed by atoms with E-state index in [1.54, 1.807) is 4.90 Å². The first-order valence-electron chi connectivity index (χ1n) is 4.36. The van der Waals surface area contributed by atoms with Gasteiger partial charge in [0.25, 0.3) is 0 Å². The van der Waals surface area contributed by atoms with Crippen molar-refractivity contribution in [1.29, 1.82) is 0 Å². The molecule has 67 valence electrons. The second-order valence-electron chi connectivity index (χ2n) is 3.66. The van der Waals surface area contributed by atoms with Gasteiger partial charge in [0.2, 0.25) is 0 Å². The molecule has 0 atom stereocenters. The van der Waals surface area contributed by atoms with Crippen LogP contribution in [0.1, 0.15) is 26.7 Å². The van der Waals surface area contributed by atoms with E-state index in [-0.39, 0.29) is 32.7 Å². The zero-order chi connectivity index (χ0) is 8.27. The third kappa shape index (κ3) is 3.53. The van der Waals surface area contributed by atoms with Crippen LogP contribution in [0.2, 0.25) is 0 Å². The van der Waals surface area contributed by atoms with Gasteiger partial charge in [-0.25, -0.2) is 0 Å². The standard InChI is InChI=1S/C9H16NO.Y/c1-8(2)9-3-5-10(7-11)6-4-9;/h8-9H,3-6H2,1-2H3;/q-1;. The molecule has 0 aromatic rings. The van der Waals surface area contributed by atoms with Gasteiger partial charge in [-0.1, -0.05) is 13.8 Å². The Morgan fingerprint density at radius 1 is 1.33 bits per heavy atom. The van der Waals surface area contributed by atoms with Crippen LogP contribution in [0.25, 0.3) is 0 Å². The van der Waals surface area contributed by atoms with Crippen LogP contribution in [0.4, 0.5) is 0 Å². The normalized spacial score (nSPS) is 19.1. The van der Waals surface area contributed by atoms with Crippen molar-refractivity contribution in [1.82, 2.24) is 4.90 Å². The first-order chi connectivity index (χ1) is 5.24. The van der Waals surface area contributed by atoms with Crippen LogP contribution >= 0.6 is 0 Å². The quantitative estimate of drug-likeness (QED) is 0.672. The fraction of sp³-hybridized carbons (Fsp3) is 0.889. The van der Waals surface area contributed by atoms with Gasteiger partial charge in [-0.05, 0) is 37.8 Å². The fourth-order valence-corrected chi connectivity index (χ4v) is 1.66. The molecular weight excluding hydrogens is 227 g/mol. The zero-order valence-electron chi connectivity index (χ0n) is 7.92. The van der Waals surface area contributed by atoms with E-state index in [0.29, 0.717) is 0 Å². The summed E-state index contributed by atoms with van der Waals surface area (Å²) in [6, 6.07) is 0. The monoisotopic (exact) mass is 243 g/mol. The second-order valence-corrected chi connectivity index (χ2v) is 3.66. The average Bonchev–Trinajstić information content (AvgIpc) is 2.05. The summed E-state index contributed by atoms with van der Waals surface area (Å²) < 4.78 is 0. The molecule has 0 aromatic carbocycles. The van der Waals surface area contributed by atoms with E-state index in [0.717, 1.165) is 37.8 Å². The van der Waals surface area contributed by atoms with Crippen molar-refractivity contribution >= 4 is 6.41 Å². The van der Waals surface area contributed by atoms with E-state index in [1.807, 2.05) is 6.41 Å². The molecule has 0 saturated carbocycles. The summed E-state index contributed by atoms with van der Waals surface area (Å²) >= 11 is 0. The molecule has 1 fully saturated rings. The minimum Gasteiger partial charge on any atom is -0.520 e. The molecule has 1 aliphatic rings. The van der Waals surface area contributed by atoms with Gasteiger partial charge < -0.3 is 9.69 Å². The number of likely N-dealkylation sites (tertiary alicyclic amines) is 1. The van der Waals surface area contributed by atoms with E-state index >= 15 is 0 Å². The first kappa shape index (κ1) is 12.6. The third-order valence-electron chi connectivity index (χ3n) is 2.61. The van der Waals surface area contributed by atoms with E-state index in [4.69, 9.17) is 0 Å². The summed E-state index contributed by atoms with van der Waals surface area (Å²) in [7, 11) is 0. The van der Waals surface area contributed by atoms with Crippen molar-refractivity contribution in [3.63, 3.8) is 0 Å². The topological polar surface area (TPSA) is 20.3 Å². The van der Waals surface area contributed by atoms with Crippen molar-refractivity contribution in [3.8, 4) is 0 Å². The van der Waals surface area contributed by atoms with Gasteiger partial charge in [-0.3, -0.25) is 0 Å². The number of nitrogens with zero attached hydrogens (tertiary/aromatic N) is 1. The smallest absolute Gasteiger partial charge is 0 e. The molecule has 0 aromatic heterocycles. The van der Waals surface area contributed by atoms with Gasteiger partial charge in [0, 0.05) is 32.7 Å². The number of carbonyl (C=O) groups excluding carboxylic acids is 1. The summed E-state index contributed by atoms with van der Waals surface area (Å²) in [5.41, 5.74) is 0. The van der Waals surface area contributed by atoms with Gasteiger partial charge in [0.1, 0.15) is 0 Å². The molecular formula is C9H16NOY-. The van der Waals surface area contributed by atoms with Crippen molar-refractivity contribution < 1.29 is 37.5 Å². The van der Waals surface area contributed by atoms with Crippen molar-refractivity contribution in [2.24, 2.45) is 11.8 Å². The third-order valence-corrected chi connectivity index (χ3v) is 2.61. The predicted molar refractivity (Wildman–Crippen MR) is 44.8 cm³/mol. The van der Waals surface area contributed by atoms with Crippen molar-refractivity contribution in [2.75, 3.05) is 13.1 Å². The number of hydrogen-bond donors (Lipinski definition) is 0. The first-order valence-corrected chi connectivity index (χ1v) is 4.36. The van der Waals surface area contributed by atoms with Gasteiger partial charge in [-0.15, -0.1) is 0 Å². The maximum Gasteiger partial charge on any atom is 0 e. The minimum absolute atomic E-state index is 0. The Balaban J connectivity index is 0.00000121. The van der Waals surface area contributed by atoms with Crippen LogP contribution in [0.5, 0.6) is 0 Å². The molecule has 1 heterocycles. The summed E-state index contributed by atoms with van der Waals surface area (Å²) in [6.07, 6.45) is 4.27. The SMILES string of the molecule is CC(C)C1CCN([C-]=O)CC1.[Y]. The molecule has 0 unspecified atom stereocenters. The Morgan fingerprint density at radius 2 is 1.83 bits per heavy atom. The summed E-state index contributed by atoms with van der Waals surface area (Å²) in [5, 5.41) is 0.